The predicted molar refractivity (Wildman–Crippen MR) is 142 cm³/mol. The summed E-state index contributed by atoms with van der Waals surface area (Å²) in [5, 5.41) is 5.41. The van der Waals surface area contributed by atoms with Crippen molar-refractivity contribution in [3.63, 3.8) is 0 Å². The van der Waals surface area contributed by atoms with Crippen LogP contribution in [0.5, 0.6) is 17.2 Å². The number of benzene rings is 3. The minimum absolute atomic E-state index is 0.169. The molecular formula is C27H26AsN3O7. The molecule has 38 heavy (non-hydrogen) atoms. The first-order valence-corrected chi connectivity index (χ1v) is 12.3. The average molecular weight is 579 g/mol. The SMILES string of the molecule is COc1cc(C(N)=O)c(C(Cc2ccc(NC(=O)Nc3ccc(OC(C)=O)cc3)cc2)C(=O)[As])cc1OC. The second-order valence-electron chi connectivity index (χ2n) is 8.15. The molecule has 0 heterocycles. The van der Waals surface area contributed by atoms with Gasteiger partial charge in [-0.1, -0.05) is 0 Å². The fraction of sp³-hybridized carbons (Fsp3) is 0.185. The summed E-state index contributed by atoms with van der Waals surface area (Å²) in [5.74, 6) is -0.732. The van der Waals surface area contributed by atoms with Crippen molar-refractivity contribution in [1.29, 1.82) is 0 Å². The fourth-order valence-electron chi connectivity index (χ4n) is 3.75. The van der Waals surface area contributed by atoms with E-state index in [9.17, 15) is 19.2 Å². The topological polar surface area (TPSA) is 146 Å². The number of amides is 3. The van der Waals surface area contributed by atoms with Gasteiger partial charge in [0.05, 0.1) is 0 Å². The van der Waals surface area contributed by atoms with E-state index in [0.29, 0.717) is 34.2 Å². The van der Waals surface area contributed by atoms with Crippen molar-refractivity contribution < 1.29 is 33.4 Å². The molecule has 0 spiro atoms. The van der Waals surface area contributed by atoms with Crippen LogP contribution in [-0.2, 0) is 16.0 Å². The third-order valence-corrected chi connectivity index (χ3v) is 6.17. The van der Waals surface area contributed by atoms with Crippen LogP contribution in [-0.4, -0.2) is 53.6 Å². The van der Waals surface area contributed by atoms with Gasteiger partial charge in [0.1, 0.15) is 5.75 Å². The van der Waals surface area contributed by atoms with Gasteiger partial charge in [-0.25, -0.2) is 0 Å². The van der Waals surface area contributed by atoms with Gasteiger partial charge in [-0.3, -0.25) is 4.79 Å². The molecule has 0 aliphatic heterocycles. The molecule has 0 fully saturated rings. The van der Waals surface area contributed by atoms with Crippen molar-refractivity contribution >= 4 is 50.7 Å². The number of rotatable bonds is 10. The Morgan fingerprint density at radius 2 is 1.39 bits per heavy atom. The minimum atomic E-state index is -0.689. The summed E-state index contributed by atoms with van der Waals surface area (Å²) in [7, 11) is 2.91. The van der Waals surface area contributed by atoms with Gasteiger partial charge in [0, 0.05) is 6.92 Å². The molecule has 196 valence electrons. The summed E-state index contributed by atoms with van der Waals surface area (Å²) in [6.07, 6.45) is 0.282. The maximum atomic E-state index is 12.6. The Bertz CT molecular complexity index is 1340. The number of hydrogen-bond acceptors (Lipinski definition) is 7. The zero-order valence-electron chi connectivity index (χ0n) is 20.9. The van der Waals surface area contributed by atoms with Crippen LogP contribution in [0.1, 0.15) is 34.3 Å². The number of nitrogens with two attached hydrogens (primary N) is 1. The van der Waals surface area contributed by atoms with E-state index >= 15 is 0 Å². The van der Waals surface area contributed by atoms with Gasteiger partial charge in [-0.15, -0.1) is 0 Å². The molecule has 0 aliphatic carbocycles. The molecule has 2 radical (unpaired) electrons. The van der Waals surface area contributed by atoms with Crippen molar-refractivity contribution in [3.05, 3.63) is 77.4 Å². The number of carbonyl (C=O) groups is 4. The molecule has 3 aromatic carbocycles. The first kappa shape index (κ1) is 28.3. The monoisotopic (exact) mass is 579 g/mol. The number of anilines is 2. The van der Waals surface area contributed by atoms with Crippen molar-refractivity contribution in [2.45, 2.75) is 19.3 Å². The van der Waals surface area contributed by atoms with Crippen LogP contribution in [0.15, 0.2) is 60.7 Å². The Morgan fingerprint density at radius 3 is 1.87 bits per heavy atom. The van der Waals surface area contributed by atoms with Crippen LogP contribution in [0.25, 0.3) is 0 Å². The van der Waals surface area contributed by atoms with Crippen LogP contribution in [0.4, 0.5) is 16.2 Å². The number of ether oxygens (including phenoxy) is 3. The molecule has 0 saturated heterocycles. The van der Waals surface area contributed by atoms with Gasteiger partial charge in [-0.05, 0) is 12.1 Å². The summed E-state index contributed by atoms with van der Waals surface area (Å²) in [4.78, 5) is 48.1. The number of esters is 1. The first-order valence-electron chi connectivity index (χ1n) is 11.3. The Labute approximate surface area is 228 Å². The van der Waals surface area contributed by atoms with Crippen LogP contribution in [0, 0.1) is 0 Å². The third kappa shape index (κ3) is 7.36. The number of methoxy groups -OCH3 is 2. The van der Waals surface area contributed by atoms with Gasteiger partial charge >= 0.3 is 194 Å². The van der Waals surface area contributed by atoms with E-state index in [4.69, 9.17) is 19.9 Å². The number of nitrogens with one attached hydrogen (secondary N) is 2. The van der Waals surface area contributed by atoms with E-state index in [1.807, 2.05) is 16.9 Å². The van der Waals surface area contributed by atoms with Gasteiger partial charge in [0.25, 0.3) is 0 Å². The zero-order chi connectivity index (χ0) is 27.8. The molecule has 0 aromatic heterocycles. The summed E-state index contributed by atoms with van der Waals surface area (Å²) >= 11 is 1.98. The zero-order valence-corrected chi connectivity index (χ0v) is 22.8. The standard InChI is InChI=1S/C27H26AsN3O7/c1-15(32)38-19-10-8-18(9-11-19)31-27(35)30-17-6-4-16(5-7-17)12-21(25(28)33)20-13-23(36-2)24(37-3)14-22(20)26(29)34/h4-11,13-14,21H,12H2,1-3H3,(H2,29,34)(H2,30,31,35). The van der Waals surface area contributed by atoms with Gasteiger partial charge in [-0.2, -0.15) is 0 Å². The third-order valence-electron chi connectivity index (χ3n) is 5.52. The summed E-state index contributed by atoms with van der Waals surface area (Å²) in [6, 6.07) is 15.9. The molecule has 11 heteroatoms. The summed E-state index contributed by atoms with van der Waals surface area (Å²) in [5.41, 5.74) is 8.03. The molecule has 10 nitrogen and oxygen atoms in total. The number of primary amides is 1. The molecule has 0 saturated carbocycles. The van der Waals surface area contributed by atoms with Crippen molar-refractivity contribution in [1.82, 2.24) is 0 Å². The number of urea groups is 1. The molecule has 3 amide bonds. The quantitative estimate of drug-likeness (QED) is 0.190. The van der Waals surface area contributed by atoms with Crippen molar-refractivity contribution in [2.75, 3.05) is 24.9 Å². The second-order valence-corrected chi connectivity index (χ2v) is 9.07. The molecule has 0 bridgehead atoms. The van der Waals surface area contributed by atoms with Gasteiger partial charge < -0.3 is 4.74 Å². The van der Waals surface area contributed by atoms with Crippen LogP contribution < -0.4 is 30.6 Å². The van der Waals surface area contributed by atoms with Crippen LogP contribution >= 0.6 is 0 Å². The maximum absolute atomic E-state index is 12.6. The van der Waals surface area contributed by atoms with E-state index in [1.165, 1.54) is 27.2 Å². The van der Waals surface area contributed by atoms with Gasteiger partial charge in [0.2, 0.25) is 0 Å². The Hall–Kier alpha value is -4.30. The number of hydrogen-bond donors (Lipinski definition) is 3. The van der Waals surface area contributed by atoms with Crippen molar-refractivity contribution in [3.8, 4) is 17.2 Å². The molecule has 0 aliphatic rings. The van der Waals surface area contributed by atoms with E-state index in [-0.39, 0.29) is 16.6 Å². The molecule has 3 rings (SSSR count). The van der Waals surface area contributed by atoms with E-state index in [0.717, 1.165) is 5.56 Å². The predicted octanol–water partition coefficient (Wildman–Crippen LogP) is 3.39. The van der Waals surface area contributed by atoms with E-state index in [2.05, 4.69) is 10.6 Å². The molecule has 1 unspecified atom stereocenters. The second kappa shape index (κ2) is 12.8. The van der Waals surface area contributed by atoms with Crippen molar-refractivity contribution in [2.24, 2.45) is 5.73 Å². The Balaban J connectivity index is 1.72. The molecule has 1 atom stereocenters. The summed E-state index contributed by atoms with van der Waals surface area (Å²) in [6.45, 7) is 1.30. The van der Waals surface area contributed by atoms with E-state index < -0.39 is 23.8 Å². The normalized spacial score (nSPS) is 11.2. The Morgan fingerprint density at radius 1 is 0.868 bits per heavy atom. The van der Waals surface area contributed by atoms with Crippen LogP contribution in [0.2, 0.25) is 0 Å². The van der Waals surface area contributed by atoms with Crippen LogP contribution in [0.3, 0.4) is 0 Å². The number of carbonyl (C=O) groups excluding carboxylic acids is 4. The summed E-state index contributed by atoms with van der Waals surface area (Å²) < 4.78 is 15.4. The van der Waals surface area contributed by atoms with Gasteiger partial charge in [0.15, 0.2) is 0 Å². The Kier molecular flexibility index (Phi) is 9.51. The fourth-order valence-corrected chi connectivity index (χ4v) is 4.24. The van der Waals surface area contributed by atoms with E-state index in [1.54, 1.807) is 54.6 Å². The molecule has 4 N–H and O–H groups in total. The first-order chi connectivity index (χ1) is 18.1. The molecular weight excluding hydrogens is 553 g/mol. The molecule has 3 aromatic rings. The average Bonchev–Trinajstić information content (AvgIpc) is 2.88.